The van der Waals surface area contributed by atoms with Crippen molar-refractivity contribution >= 4 is 35.1 Å². The number of nitrogens with one attached hydrogen (secondary N) is 3. The number of halogens is 1. The monoisotopic (exact) mass is 516 g/mol. The summed E-state index contributed by atoms with van der Waals surface area (Å²) in [4.78, 5) is 40.5. The molecule has 0 aliphatic carbocycles. The first-order valence-electron chi connectivity index (χ1n) is 11.7. The van der Waals surface area contributed by atoms with Crippen LogP contribution in [0.4, 0.5) is 10.5 Å². The molecule has 2 heterocycles. The van der Waals surface area contributed by atoms with Crippen molar-refractivity contribution in [2.45, 2.75) is 18.9 Å². The average molecular weight is 517 g/mol. The van der Waals surface area contributed by atoms with Gasteiger partial charge in [-0.05, 0) is 55.2 Å². The minimum atomic E-state index is -0.766. The SMILES string of the molecule is COCCNC(=O)C(NC(=O)c1ccc2c(c1)OCO2)C1CCN(C(=O)Nc2cccc(Cl)c2)CC1. The predicted octanol–water partition coefficient (Wildman–Crippen LogP) is 2.87. The number of urea groups is 1. The maximum atomic E-state index is 13.0. The molecule has 0 spiro atoms. The van der Waals surface area contributed by atoms with E-state index in [9.17, 15) is 14.4 Å². The van der Waals surface area contributed by atoms with E-state index in [4.69, 9.17) is 25.8 Å². The number of methoxy groups -OCH3 is 1. The highest BCUT2D eigenvalue weighted by atomic mass is 35.5. The molecule has 2 aromatic rings. The van der Waals surface area contributed by atoms with Crippen molar-refractivity contribution in [3.05, 3.63) is 53.1 Å². The first kappa shape index (κ1) is 25.6. The van der Waals surface area contributed by atoms with E-state index in [1.807, 2.05) is 0 Å². The van der Waals surface area contributed by atoms with Gasteiger partial charge in [-0.2, -0.15) is 0 Å². The number of piperidine rings is 1. The van der Waals surface area contributed by atoms with Gasteiger partial charge in [0.05, 0.1) is 6.61 Å². The molecular weight excluding hydrogens is 488 g/mol. The quantitative estimate of drug-likeness (QED) is 0.464. The van der Waals surface area contributed by atoms with Gasteiger partial charge in [-0.3, -0.25) is 9.59 Å². The highest BCUT2D eigenvalue weighted by molar-refractivity contribution is 6.30. The van der Waals surface area contributed by atoms with Gasteiger partial charge in [-0.1, -0.05) is 17.7 Å². The van der Waals surface area contributed by atoms with E-state index in [0.717, 1.165) is 0 Å². The van der Waals surface area contributed by atoms with Crippen LogP contribution in [0.2, 0.25) is 5.02 Å². The number of ether oxygens (including phenoxy) is 3. The van der Waals surface area contributed by atoms with E-state index >= 15 is 0 Å². The Morgan fingerprint density at radius 2 is 1.89 bits per heavy atom. The van der Waals surface area contributed by atoms with E-state index in [1.54, 1.807) is 54.5 Å². The van der Waals surface area contributed by atoms with Crippen molar-refractivity contribution in [1.29, 1.82) is 0 Å². The largest absolute Gasteiger partial charge is 0.454 e. The minimum absolute atomic E-state index is 0.106. The van der Waals surface area contributed by atoms with Crippen molar-refractivity contribution in [1.82, 2.24) is 15.5 Å². The summed E-state index contributed by atoms with van der Waals surface area (Å²) in [5.41, 5.74) is 0.980. The number of carbonyl (C=O) groups is 3. The number of hydrogen-bond donors (Lipinski definition) is 3. The standard InChI is InChI=1S/C25H29ClN4O6/c1-34-12-9-27-24(32)22(29-23(31)17-5-6-20-21(13-17)36-15-35-20)16-7-10-30(11-8-16)25(33)28-19-4-2-3-18(26)14-19/h2-6,13-14,16,22H,7-12,15H2,1H3,(H,27,32)(H,28,33)(H,29,31). The van der Waals surface area contributed by atoms with Crippen LogP contribution < -0.4 is 25.4 Å². The first-order chi connectivity index (χ1) is 17.4. The third-order valence-electron chi connectivity index (χ3n) is 6.18. The van der Waals surface area contributed by atoms with Crippen LogP contribution in [-0.4, -0.2) is 68.9 Å². The molecule has 0 bridgehead atoms. The topological polar surface area (TPSA) is 118 Å². The number of benzene rings is 2. The minimum Gasteiger partial charge on any atom is -0.454 e. The number of rotatable bonds is 8. The summed E-state index contributed by atoms with van der Waals surface area (Å²) in [6.45, 7) is 1.68. The number of anilines is 1. The second kappa shape index (κ2) is 12.0. The zero-order chi connectivity index (χ0) is 25.5. The normalized spacial score (nSPS) is 15.8. The van der Waals surface area contributed by atoms with Gasteiger partial charge in [0.15, 0.2) is 11.5 Å². The van der Waals surface area contributed by atoms with E-state index in [2.05, 4.69) is 16.0 Å². The van der Waals surface area contributed by atoms with E-state index in [1.165, 1.54) is 0 Å². The average Bonchev–Trinajstić information content (AvgIpc) is 3.35. The molecule has 4 amide bonds. The number of hydrogen-bond acceptors (Lipinski definition) is 6. The third kappa shape index (κ3) is 6.38. The van der Waals surface area contributed by atoms with Gasteiger partial charge in [0.25, 0.3) is 5.91 Å². The summed E-state index contributed by atoms with van der Waals surface area (Å²) < 4.78 is 15.7. The van der Waals surface area contributed by atoms with E-state index in [-0.39, 0.29) is 30.6 Å². The second-order valence-corrected chi connectivity index (χ2v) is 9.00. The Balaban J connectivity index is 1.39. The summed E-state index contributed by atoms with van der Waals surface area (Å²) in [5.74, 6) is 0.233. The Morgan fingerprint density at radius 3 is 2.64 bits per heavy atom. The van der Waals surface area contributed by atoms with Crippen LogP contribution in [0, 0.1) is 5.92 Å². The van der Waals surface area contributed by atoms with E-state index in [0.29, 0.717) is 66.9 Å². The molecule has 2 aliphatic rings. The fourth-order valence-electron chi connectivity index (χ4n) is 4.25. The molecule has 1 saturated heterocycles. The first-order valence-corrected chi connectivity index (χ1v) is 12.1. The third-order valence-corrected chi connectivity index (χ3v) is 6.42. The Bertz CT molecular complexity index is 1110. The van der Waals surface area contributed by atoms with Crippen LogP contribution in [0.1, 0.15) is 23.2 Å². The van der Waals surface area contributed by atoms with Crippen LogP contribution in [-0.2, 0) is 9.53 Å². The van der Waals surface area contributed by atoms with Crippen LogP contribution in [0.25, 0.3) is 0 Å². The Morgan fingerprint density at radius 1 is 1.11 bits per heavy atom. The summed E-state index contributed by atoms with van der Waals surface area (Å²) >= 11 is 6.00. The summed E-state index contributed by atoms with van der Waals surface area (Å²) in [7, 11) is 1.55. The molecule has 0 radical (unpaired) electrons. The lowest BCUT2D eigenvalue weighted by Crippen LogP contribution is -2.54. The van der Waals surface area contributed by atoms with Crippen molar-refractivity contribution in [3.8, 4) is 11.5 Å². The summed E-state index contributed by atoms with van der Waals surface area (Å²) in [6.07, 6.45) is 1.10. The van der Waals surface area contributed by atoms with Crippen LogP contribution in [0.5, 0.6) is 11.5 Å². The lowest BCUT2D eigenvalue weighted by molar-refractivity contribution is -0.124. The number of amides is 4. The molecule has 4 rings (SSSR count). The molecule has 192 valence electrons. The summed E-state index contributed by atoms with van der Waals surface area (Å²) in [5, 5.41) is 9.09. The highest BCUT2D eigenvalue weighted by Crippen LogP contribution is 2.32. The van der Waals surface area contributed by atoms with E-state index < -0.39 is 6.04 Å². The Labute approximate surface area is 214 Å². The van der Waals surface area contributed by atoms with Gasteiger partial charge < -0.3 is 35.1 Å². The van der Waals surface area contributed by atoms with Crippen molar-refractivity contribution < 1.29 is 28.6 Å². The molecule has 0 aromatic heterocycles. The van der Waals surface area contributed by atoms with Crippen molar-refractivity contribution in [3.63, 3.8) is 0 Å². The predicted molar refractivity (Wildman–Crippen MR) is 133 cm³/mol. The molecule has 36 heavy (non-hydrogen) atoms. The lowest BCUT2D eigenvalue weighted by Gasteiger charge is -2.35. The van der Waals surface area contributed by atoms with Gasteiger partial charge in [-0.25, -0.2) is 4.79 Å². The zero-order valence-corrected chi connectivity index (χ0v) is 20.7. The van der Waals surface area contributed by atoms with Crippen molar-refractivity contribution in [2.75, 3.05) is 45.5 Å². The Kier molecular flexibility index (Phi) is 8.50. The molecular formula is C25H29ClN4O6. The summed E-state index contributed by atoms with van der Waals surface area (Å²) in [6, 6.07) is 10.8. The van der Waals surface area contributed by atoms with Gasteiger partial charge in [0, 0.05) is 43.0 Å². The van der Waals surface area contributed by atoms with Crippen molar-refractivity contribution in [2.24, 2.45) is 5.92 Å². The zero-order valence-electron chi connectivity index (χ0n) is 19.9. The maximum Gasteiger partial charge on any atom is 0.321 e. The fraction of sp³-hybridized carbons (Fsp3) is 0.400. The number of fused-ring (bicyclic) bond motifs is 1. The molecule has 11 heteroatoms. The second-order valence-electron chi connectivity index (χ2n) is 8.57. The number of likely N-dealkylation sites (tertiary alicyclic amines) is 1. The molecule has 0 saturated carbocycles. The Hall–Kier alpha value is -3.50. The molecule has 3 N–H and O–H groups in total. The van der Waals surface area contributed by atoms with Crippen LogP contribution >= 0.6 is 11.6 Å². The fourth-order valence-corrected chi connectivity index (χ4v) is 4.44. The lowest BCUT2D eigenvalue weighted by atomic mass is 9.88. The molecule has 1 unspecified atom stereocenters. The number of carbonyl (C=O) groups excluding carboxylic acids is 3. The maximum absolute atomic E-state index is 13.0. The molecule has 1 atom stereocenters. The molecule has 2 aromatic carbocycles. The molecule has 2 aliphatic heterocycles. The smallest absolute Gasteiger partial charge is 0.321 e. The van der Waals surface area contributed by atoms with Gasteiger partial charge in [0.2, 0.25) is 12.7 Å². The highest BCUT2D eigenvalue weighted by Gasteiger charge is 2.34. The van der Waals surface area contributed by atoms with Crippen LogP contribution in [0.3, 0.4) is 0 Å². The van der Waals surface area contributed by atoms with Gasteiger partial charge in [-0.15, -0.1) is 0 Å². The number of nitrogens with zero attached hydrogens (tertiary/aromatic N) is 1. The van der Waals surface area contributed by atoms with Gasteiger partial charge in [0.1, 0.15) is 6.04 Å². The molecule has 1 fully saturated rings. The molecule has 10 nitrogen and oxygen atoms in total. The van der Waals surface area contributed by atoms with Crippen LogP contribution in [0.15, 0.2) is 42.5 Å². The van der Waals surface area contributed by atoms with Gasteiger partial charge >= 0.3 is 6.03 Å².